The number of unbranched alkanes of at least 4 members (excludes halogenated alkanes) is 6. The van der Waals surface area contributed by atoms with Crippen LogP contribution >= 0.6 is 7.60 Å². The van der Waals surface area contributed by atoms with Gasteiger partial charge in [0.2, 0.25) is 0 Å². The Bertz CT molecular complexity index is 244. The fraction of sp³-hybridized carbons (Fsp3) is 1.00. The van der Waals surface area contributed by atoms with Gasteiger partial charge in [0, 0.05) is 13.1 Å². The van der Waals surface area contributed by atoms with E-state index in [9.17, 15) is 4.57 Å². The van der Waals surface area contributed by atoms with Crippen molar-refractivity contribution >= 4 is 37.2 Å². The summed E-state index contributed by atoms with van der Waals surface area (Å²) in [6.45, 7) is 5.71. The maximum absolute atomic E-state index is 12.5. The van der Waals surface area contributed by atoms with E-state index in [0.717, 1.165) is 25.7 Å². The van der Waals surface area contributed by atoms with Crippen molar-refractivity contribution in [3.8, 4) is 0 Å². The first kappa shape index (κ1) is 24.3. The van der Waals surface area contributed by atoms with Crippen molar-refractivity contribution in [1.29, 1.82) is 0 Å². The van der Waals surface area contributed by atoms with Gasteiger partial charge in [-0.3, -0.25) is 4.57 Å². The maximum atomic E-state index is 12.5. The Morgan fingerprint density at radius 3 is 2.24 bits per heavy atom. The van der Waals surface area contributed by atoms with Gasteiger partial charge in [-0.05, 0) is 12.8 Å². The molecular weight excluding hydrogens is 298 g/mol. The molecule has 1 unspecified atom stereocenters. The van der Waals surface area contributed by atoms with Crippen LogP contribution in [0.3, 0.4) is 0 Å². The normalized spacial score (nSPS) is 13.7. The first-order valence-corrected chi connectivity index (χ1v) is 9.76. The molecule has 0 aromatic rings. The van der Waals surface area contributed by atoms with Gasteiger partial charge in [0.15, 0.2) is 0 Å². The molecule has 0 aliphatic rings. The zero-order valence-electron chi connectivity index (χ0n) is 13.2. The van der Waals surface area contributed by atoms with E-state index >= 15 is 0 Å². The molecule has 21 heavy (non-hydrogen) atoms. The van der Waals surface area contributed by atoms with Gasteiger partial charge in [0.05, 0.1) is 12.8 Å². The van der Waals surface area contributed by atoms with Gasteiger partial charge in [0.1, 0.15) is 0 Å². The Morgan fingerprint density at radius 1 is 1.00 bits per heavy atom. The molecule has 0 spiro atoms. The van der Waals surface area contributed by atoms with Crippen LogP contribution in [0.5, 0.6) is 0 Å². The van der Waals surface area contributed by atoms with Crippen LogP contribution in [-0.4, -0.2) is 55.4 Å². The van der Waals surface area contributed by atoms with Gasteiger partial charge in [-0.15, -0.1) is 0 Å². The Kier molecular flexibility index (Phi) is 20.2. The molecule has 0 bridgehead atoms. The van der Waals surface area contributed by atoms with E-state index in [1.54, 1.807) is 0 Å². The average Bonchev–Trinajstić information content (AvgIpc) is 2.43. The molecule has 124 valence electrons. The van der Waals surface area contributed by atoms with E-state index in [1.165, 1.54) is 25.7 Å². The summed E-state index contributed by atoms with van der Waals surface area (Å²) < 4.78 is 23.2. The minimum absolute atomic E-state index is 0. The standard InChI is InChI=1S/C14H33N2O3P.Na.H/c1-3-5-7-8-9-10-14-20(17,18-13-6-4-2)19-16-12-11-15;;/h16H,3-15H2,1-2H3;;. The monoisotopic (exact) mass is 332 g/mol. The Labute approximate surface area is 152 Å². The van der Waals surface area contributed by atoms with E-state index < -0.39 is 7.60 Å². The summed E-state index contributed by atoms with van der Waals surface area (Å²) in [5.74, 6) is 0. The Morgan fingerprint density at radius 2 is 1.62 bits per heavy atom. The van der Waals surface area contributed by atoms with E-state index in [2.05, 4.69) is 19.3 Å². The van der Waals surface area contributed by atoms with Crippen molar-refractivity contribution in [1.82, 2.24) is 5.48 Å². The summed E-state index contributed by atoms with van der Waals surface area (Å²) in [4.78, 5) is 0. The molecule has 0 aromatic carbocycles. The van der Waals surface area contributed by atoms with E-state index in [0.29, 0.717) is 25.9 Å². The number of hydroxylamine groups is 1. The molecule has 7 heteroatoms. The molecule has 0 radical (unpaired) electrons. The SMILES string of the molecule is CCCCCCCCP(=O)(OCCCC)ONCCN.[NaH]. The second-order valence-electron chi connectivity index (χ2n) is 5.06. The van der Waals surface area contributed by atoms with E-state index in [-0.39, 0.29) is 29.6 Å². The van der Waals surface area contributed by atoms with Gasteiger partial charge >= 0.3 is 37.2 Å². The van der Waals surface area contributed by atoms with Crippen molar-refractivity contribution in [2.75, 3.05) is 25.9 Å². The van der Waals surface area contributed by atoms with Crippen LogP contribution in [0.1, 0.15) is 65.2 Å². The fourth-order valence-corrected chi connectivity index (χ4v) is 3.35. The van der Waals surface area contributed by atoms with Crippen molar-refractivity contribution in [3.05, 3.63) is 0 Å². The van der Waals surface area contributed by atoms with Gasteiger partial charge in [-0.2, -0.15) is 5.48 Å². The molecule has 0 heterocycles. The zero-order valence-corrected chi connectivity index (χ0v) is 14.1. The Balaban J connectivity index is 0. The van der Waals surface area contributed by atoms with Crippen LogP contribution in [0.4, 0.5) is 0 Å². The molecule has 0 amide bonds. The van der Waals surface area contributed by atoms with E-state index in [4.69, 9.17) is 14.9 Å². The minimum atomic E-state index is -3.00. The molecular formula is C14H34N2NaO3P. The van der Waals surface area contributed by atoms with Crippen LogP contribution < -0.4 is 11.2 Å². The van der Waals surface area contributed by atoms with Crippen LogP contribution in [-0.2, 0) is 13.7 Å². The average molecular weight is 332 g/mol. The summed E-state index contributed by atoms with van der Waals surface area (Å²) in [5.41, 5.74) is 8.03. The summed E-state index contributed by atoms with van der Waals surface area (Å²) in [6.07, 6.45) is 9.35. The van der Waals surface area contributed by atoms with Gasteiger partial charge in [-0.25, -0.2) is 4.62 Å². The van der Waals surface area contributed by atoms with Crippen LogP contribution in [0, 0.1) is 0 Å². The molecule has 5 nitrogen and oxygen atoms in total. The summed E-state index contributed by atoms with van der Waals surface area (Å²) in [6, 6.07) is 0. The van der Waals surface area contributed by atoms with Crippen molar-refractivity contribution in [2.45, 2.75) is 65.2 Å². The number of nitrogens with one attached hydrogen (secondary N) is 1. The van der Waals surface area contributed by atoms with Crippen LogP contribution in [0.25, 0.3) is 0 Å². The third-order valence-corrected chi connectivity index (χ3v) is 4.87. The zero-order chi connectivity index (χ0) is 15.1. The van der Waals surface area contributed by atoms with Crippen molar-refractivity contribution in [2.24, 2.45) is 5.73 Å². The first-order chi connectivity index (χ1) is 9.68. The number of hydrogen-bond acceptors (Lipinski definition) is 5. The van der Waals surface area contributed by atoms with Gasteiger partial charge < -0.3 is 10.3 Å². The van der Waals surface area contributed by atoms with Gasteiger partial charge in [-0.1, -0.05) is 52.4 Å². The molecule has 0 aliphatic carbocycles. The quantitative estimate of drug-likeness (QED) is 0.208. The van der Waals surface area contributed by atoms with Crippen LogP contribution in [0.15, 0.2) is 0 Å². The predicted molar refractivity (Wildman–Crippen MR) is 92.0 cm³/mol. The fourth-order valence-electron chi connectivity index (χ4n) is 1.77. The second-order valence-corrected chi connectivity index (χ2v) is 7.17. The Hall–Kier alpha value is 1.07. The molecule has 0 aromatic heterocycles. The van der Waals surface area contributed by atoms with Crippen molar-refractivity contribution in [3.63, 3.8) is 0 Å². The molecule has 0 rings (SSSR count). The van der Waals surface area contributed by atoms with Crippen molar-refractivity contribution < 1.29 is 13.7 Å². The second kappa shape index (κ2) is 17.4. The van der Waals surface area contributed by atoms with Gasteiger partial charge in [0.25, 0.3) is 0 Å². The number of rotatable bonds is 15. The summed E-state index contributed by atoms with van der Waals surface area (Å²) >= 11 is 0. The number of hydrogen-bond donors (Lipinski definition) is 2. The topological polar surface area (TPSA) is 73.6 Å². The molecule has 0 fully saturated rings. The third kappa shape index (κ3) is 15.7. The predicted octanol–water partition coefficient (Wildman–Crippen LogP) is 3.19. The first-order valence-electron chi connectivity index (χ1n) is 8.03. The molecule has 0 saturated heterocycles. The summed E-state index contributed by atoms with van der Waals surface area (Å²) in [7, 11) is -3.00. The molecule has 0 saturated carbocycles. The molecule has 3 N–H and O–H groups in total. The van der Waals surface area contributed by atoms with E-state index in [1.807, 2.05) is 0 Å². The van der Waals surface area contributed by atoms with Crippen LogP contribution in [0.2, 0.25) is 0 Å². The number of nitrogens with two attached hydrogens (primary N) is 1. The molecule has 0 aliphatic heterocycles. The molecule has 1 atom stereocenters. The summed E-state index contributed by atoms with van der Waals surface area (Å²) in [5, 5.41) is 0. The third-order valence-electron chi connectivity index (χ3n) is 3.02.